The minimum absolute atomic E-state index is 0.101. The Kier molecular flexibility index (Phi) is 5.03. The SMILES string of the molecule is CC12CCC(=O)C=C1CC(C(=O)O)C1=C2CCI2C1=C=CC2(C)CCCC=O. The maximum absolute atomic E-state index is 12.2. The van der Waals surface area contributed by atoms with Crippen LogP contribution in [-0.2, 0) is 14.4 Å². The number of carbonyl (C=O) groups is 3. The first-order valence-corrected chi connectivity index (χ1v) is 13.8. The van der Waals surface area contributed by atoms with Crippen LogP contribution < -0.4 is 0 Å². The molecule has 0 bridgehead atoms. The summed E-state index contributed by atoms with van der Waals surface area (Å²) in [5.41, 5.74) is 6.74. The van der Waals surface area contributed by atoms with Crippen LogP contribution in [0.15, 0.2) is 38.2 Å². The fraction of sp³-hybridized carbons (Fsp3) is 0.565. The molecule has 2 heterocycles. The number of hydrogen-bond acceptors (Lipinski definition) is 3. The topological polar surface area (TPSA) is 71.4 Å². The molecule has 2 aliphatic heterocycles. The van der Waals surface area contributed by atoms with Crippen LogP contribution in [0.5, 0.6) is 0 Å². The van der Waals surface area contributed by atoms with Gasteiger partial charge in [-0.05, 0) is 0 Å². The van der Waals surface area contributed by atoms with Gasteiger partial charge in [0.1, 0.15) is 0 Å². The third kappa shape index (κ3) is 2.98. The predicted octanol–water partition coefficient (Wildman–Crippen LogP) is 4.77. The standard InChI is InChI=1S/C23H27IO4/c1-22(8-3-4-12-25)9-6-19-20-17(21(27)28)14-15-13-16(26)5-10-23(15,2)18(20)7-11-24(19)22/h9,12-13,17H,3-5,7-8,10-11,14H2,1-2H3,(H,27,28). The van der Waals surface area contributed by atoms with E-state index in [1.54, 1.807) is 6.08 Å². The van der Waals surface area contributed by atoms with Crippen LogP contribution >= 0.6 is 19.8 Å². The van der Waals surface area contributed by atoms with Gasteiger partial charge >= 0.3 is 174 Å². The van der Waals surface area contributed by atoms with Gasteiger partial charge in [0, 0.05) is 0 Å². The number of carboxylic acid groups (broad SMARTS) is 1. The Bertz CT molecular complexity index is 888. The Hall–Kier alpha value is -1.46. The summed E-state index contributed by atoms with van der Waals surface area (Å²) in [6.07, 6.45) is 10.1. The van der Waals surface area contributed by atoms with E-state index in [1.807, 2.05) is 0 Å². The second kappa shape index (κ2) is 7.10. The Morgan fingerprint density at radius 1 is 1.39 bits per heavy atom. The summed E-state index contributed by atoms with van der Waals surface area (Å²) in [5.74, 6) is -1.20. The van der Waals surface area contributed by atoms with Crippen molar-refractivity contribution in [2.24, 2.45) is 11.3 Å². The molecule has 0 amide bonds. The van der Waals surface area contributed by atoms with E-state index in [9.17, 15) is 19.5 Å². The molecule has 5 heteroatoms. The Morgan fingerprint density at radius 2 is 2.18 bits per heavy atom. The van der Waals surface area contributed by atoms with Crippen LogP contribution in [-0.4, -0.2) is 31.0 Å². The van der Waals surface area contributed by atoms with Crippen molar-refractivity contribution in [3.05, 3.63) is 38.2 Å². The first-order chi connectivity index (χ1) is 13.3. The minimum atomic E-state index is -1.62. The molecule has 28 heavy (non-hydrogen) atoms. The van der Waals surface area contributed by atoms with E-state index in [1.165, 1.54) is 9.15 Å². The molecule has 4 aliphatic rings. The molecule has 4 nitrogen and oxygen atoms in total. The number of aldehydes is 1. The quantitative estimate of drug-likeness (QED) is 0.197. The molecule has 3 atom stereocenters. The number of ketones is 1. The Morgan fingerprint density at radius 3 is 2.89 bits per heavy atom. The summed E-state index contributed by atoms with van der Waals surface area (Å²) in [7, 11) is 0. The van der Waals surface area contributed by atoms with Crippen molar-refractivity contribution in [2.45, 2.75) is 62.2 Å². The molecule has 0 aromatic heterocycles. The van der Waals surface area contributed by atoms with E-state index in [0.717, 1.165) is 47.5 Å². The fourth-order valence-electron chi connectivity index (χ4n) is 5.30. The van der Waals surface area contributed by atoms with Crippen LogP contribution in [0, 0.1) is 11.3 Å². The van der Waals surface area contributed by atoms with Crippen LogP contribution in [0.2, 0.25) is 0 Å². The third-order valence-corrected chi connectivity index (χ3v) is 14.6. The number of fused-ring (bicyclic) bond motifs is 4. The van der Waals surface area contributed by atoms with Gasteiger partial charge in [0.25, 0.3) is 0 Å². The molecule has 0 fully saturated rings. The van der Waals surface area contributed by atoms with Gasteiger partial charge in [0.2, 0.25) is 0 Å². The zero-order valence-corrected chi connectivity index (χ0v) is 18.7. The molecule has 4 rings (SSSR count). The van der Waals surface area contributed by atoms with Gasteiger partial charge in [-0.1, -0.05) is 0 Å². The van der Waals surface area contributed by atoms with E-state index >= 15 is 0 Å². The Labute approximate surface area is 173 Å². The number of carboxylic acids is 1. The number of rotatable bonds is 5. The number of alkyl halides is 2. The number of hydrogen-bond donors (Lipinski definition) is 1. The second-order valence-corrected chi connectivity index (χ2v) is 15.4. The molecule has 2 aliphatic carbocycles. The first-order valence-electron chi connectivity index (χ1n) is 10.1. The van der Waals surface area contributed by atoms with Gasteiger partial charge in [-0.3, -0.25) is 0 Å². The average Bonchev–Trinajstić information content (AvgIpc) is 2.99. The van der Waals surface area contributed by atoms with Crippen LogP contribution in [0.25, 0.3) is 0 Å². The second-order valence-electron chi connectivity index (χ2n) is 8.70. The fourth-order valence-corrected chi connectivity index (χ4v) is 12.9. The number of carbonyl (C=O) groups excluding carboxylic acids is 2. The van der Waals surface area contributed by atoms with Crippen LogP contribution in [0.1, 0.15) is 58.8 Å². The first kappa shape index (κ1) is 19.8. The van der Waals surface area contributed by atoms with Crippen molar-refractivity contribution >= 4 is 37.9 Å². The predicted molar refractivity (Wildman–Crippen MR) is 117 cm³/mol. The summed E-state index contributed by atoms with van der Waals surface area (Å²) in [4.78, 5) is 35.0. The van der Waals surface area contributed by atoms with E-state index in [-0.39, 0.29) is 14.6 Å². The summed E-state index contributed by atoms with van der Waals surface area (Å²) < 4.78 is 2.48. The van der Waals surface area contributed by atoms with E-state index in [4.69, 9.17) is 0 Å². The molecule has 0 radical (unpaired) electrons. The zero-order chi connectivity index (χ0) is 20.1. The Balaban J connectivity index is 1.77. The van der Waals surface area contributed by atoms with Crippen LogP contribution in [0.4, 0.5) is 0 Å². The number of unbranched alkanes of at least 4 members (excludes halogenated alkanes) is 1. The third-order valence-electron chi connectivity index (χ3n) is 6.98. The maximum atomic E-state index is 12.2. The van der Waals surface area contributed by atoms with Gasteiger partial charge in [-0.25, -0.2) is 0 Å². The van der Waals surface area contributed by atoms with Crippen molar-refractivity contribution in [3.8, 4) is 0 Å². The number of aliphatic carboxylic acids is 1. The van der Waals surface area contributed by atoms with E-state index in [2.05, 4.69) is 25.7 Å². The number of allylic oxidation sites excluding steroid dienone is 4. The molecular formula is C23H27IO4. The van der Waals surface area contributed by atoms with E-state index in [0.29, 0.717) is 19.3 Å². The van der Waals surface area contributed by atoms with Crippen LogP contribution in [0.3, 0.4) is 0 Å². The van der Waals surface area contributed by atoms with Gasteiger partial charge in [0.15, 0.2) is 0 Å². The van der Waals surface area contributed by atoms with Crippen molar-refractivity contribution in [3.63, 3.8) is 0 Å². The molecular weight excluding hydrogens is 467 g/mol. The molecule has 150 valence electrons. The van der Waals surface area contributed by atoms with Crippen molar-refractivity contribution in [1.29, 1.82) is 0 Å². The summed E-state index contributed by atoms with van der Waals surface area (Å²) in [6, 6.07) is 0. The van der Waals surface area contributed by atoms with Crippen molar-refractivity contribution < 1.29 is 19.5 Å². The monoisotopic (exact) mass is 494 g/mol. The van der Waals surface area contributed by atoms with E-state index < -0.39 is 31.7 Å². The van der Waals surface area contributed by atoms with Crippen molar-refractivity contribution in [2.75, 3.05) is 4.43 Å². The summed E-state index contributed by atoms with van der Waals surface area (Å²) in [6.45, 7) is 4.50. The zero-order valence-electron chi connectivity index (χ0n) is 16.5. The molecule has 1 N–H and O–H groups in total. The molecule has 3 unspecified atom stereocenters. The number of halogens is 1. The van der Waals surface area contributed by atoms with Gasteiger partial charge < -0.3 is 0 Å². The van der Waals surface area contributed by atoms with Gasteiger partial charge in [0.05, 0.1) is 0 Å². The molecule has 0 saturated heterocycles. The average molecular weight is 494 g/mol. The summed E-state index contributed by atoms with van der Waals surface area (Å²) >= 11 is -1.62. The molecule has 0 aromatic carbocycles. The summed E-state index contributed by atoms with van der Waals surface area (Å²) in [5, 5.41) is 10.0. The molecule has 0 aromatic rings. The molecule has 0 saturated carbocycles. The normalized spacial score (nSPS) is 35.0. The molecule has 0 spiro atoms. The van der Waals surface area contributed by atoms with Gasteiger partial charge in [-0.15, -0.1) is 0 Å². The van der Waals surface area contributed by atoms with Gasteiger partial charge in [-0.2, -0.15) is 0 Å². The van der Waals surface area contributed by atoms with Crippen molar-refractivity contribution in [1.82, 2.24) is 0 Å².